The van der Waals surface area contributed by atoms with Crippen LogP contribution in [0.5, 0.6) is 11.5 Å². The van der Waals surface area contributed by atoms with Crippen LogP contribution in [0.25, 0.3) is 6.08 Å². The number of nitrogens with zero attached hydrogens (tertiary/aromatic N) is 1. The van der Waals surface area contributed by atoms with Crippen LogP contribution in [0.4, 0.5) is 0 Å². The van der Waals surface area contributed by atoms with Crippen LogP contribution in [0.3, 0.4) is 0 Å². The molecule has 0 spiro atoms. The Labute approximate surface area is 135 Å². The van der Waals surface area contributed by atoms with E-state index in [4.69, 9.17) is 9.47 Å². The van der Waals surface area contributed by atoms with E-state index in [1.807, 2.05) is 12.1 Å². The summed E-state index contributed by atoms with van der Waals surface area (Å²) in [6.45, 7) is 0.204. The highest BCUT2D eigenvalue weighted by Gasteiger charge is 2.18. The minimum atomic E-state index is -0.294. The average Bonchev–Trinajstić information content (AvgIpc) is 2.88. The predicted molar refractivity (Wildman–Crippen MR) is 85.8 cm³/mol. The number of amides is 1. The molecule has 0 aromatic heterocycles. The van der Waals surface area contributed by atoms with Crippen molar-refractivity contribution in [3.05, 3.63) is 29.3 Å². The molecule has 3 rings (SSSR count). The van der Waals surface area contributed by atoms with Gasteiger partial charge in [0.15, 0.2) is 11.5 Å². The largest absolute Gasteiger partial charge is 0.454 e. The maximum Gasteiger partial charge on any atom is 0.262 e. The number of benzene rings is 1. The molecule has 0 radical (unpaired) electrons. The lowest BCUT2D eigenvalue weighted by Gasteiger charge is -2.15. The first kappa shape index (κ1) is 15.4. The van der Waals surface area contributed by atoms with Gasteiger partial charge < -0.3 is 14.8 Å². The normalized spacial score (nSPS) is 18.1. The van der Waals surface area contributed by atoms with Gasteiger partial charge >= 0.3 is 0 Å². The molecule has 1 aromatic carbocycles. The maximum absolute atomic E-state index is 12.3. The highest BCUT2D eigenvalue weighted by Crippen LogP contribution is 2.33. The lowest BCUT2D eigenvalue weighted by Crippen LogP contribution is -2.35. The van der Waals surface area contributed by atoms with Crippen LogP contribution < -0.4 is 14.8 Å². The van der Waals surface area contributed by atoms with E-state index in [0.29, 0.717) is 11.5 Å². The summed E-state index contributed by atoms with van der Waals surface area (Å²) >= 11 is 0. The molecule has 1 aromatic rings. The Balaban J connectivity index is 1.70. The van der Waals surface area contributed by atoms with Gasteiger partial charge in [0, 0.05) is 6.04 Å². The van der Waals surface area contributed by atoms with Crippen molar-refractivity contribution in [2.24, 2.45) is 0 Å². The molecule has 120 valence electrons. The van der Waals surface area contributed by atoms with E-state index in [1.54, 1.807) is 18.2 Å². The summed E-state index contributed by atoms with van der Waals surface area (Å²) in [5, 5.41) is 12.3. The Bertz CT molecular complexity index is 653. The third kappa shape index (κ3) is 3.84. The van der Waals surface area contributed by atoms with Crippen molar-refractivity contribution < 1.29 is 14.3 Å². The fourth-order valence-electron chi connectivity index (χ4n) is 3.01. The molecule has 0 bridgehead atoms. The zero-order valence-electron chi connectivity index (χ0n) is 13.0. The first-order chi connectivity index (χ1) is 11.3. The van der Waals surface area contributed by atoms with Crippen molar-refractivity contribution in [3.63, 3.8) is 0 Å². The smallest absolute Gasteiger partial charge is 0.262 e. The molecule has 0 atom stereocenters. The van der Waals surface area contributed by atoms with Gasteiger partial charge in [0.25, 0.3) is 5.91 Å². The molecule has 5 heteroatoms. The number of ether oxygens (including phenoxy) is 2. The van der Waals surface area contributed by atoms with Gasteiger partial charge in [-0.1, -0.05) is 31.7 Å². The van der Waals surface area contributed by atoms with Crippen LogP contribution in [0, 0.1) is 11.3 Å². The molecule has 1 fully saturated rings. The van der Waals surface area contributed by atoms with Crippen molar-refractivity contribution in [3.8, 4) is 17.6 Å². The first-order valence-corrected chi connectivity index (χ1v) is 8.08. The monoisotopic (exact) mass is 312 g/mol. The molecule has 1 saturated carbocycles. The number of carbonyl (C=O) groups excluding carboxylic acids is 1. The molecule has 0 saturated heterocycles. The maximum atomic E-state index is 12.3. The number of hydrogen-bond acceptors (Lipinski definition) is 4. The highest BCUT2D eigenvalue weighted by atomic mass is 16.7. The van der Waals surface area contributed by atoms with Gasteiger partial charge in [0.05, 0.1) is 0 Å². The van der Waals surface area contributed by atoms with E-state index in [1.165, 1.54) is 12.8 Å². The second-order valence-corrected chi connectivity index (χ2v) is 5.94. The number of hydrogen-bond donors (Lipinski definition) is 1. The third-order valence-corrected chi connectivity index (χ3v) is 4.26. The van der Waals surface area contributed by atoms with E-state index in [0.717, 1.165) is 31.2 Å². The Kier molecular flexibility index (Phi) is 4.82. The van der Waals surface area contributed by atoms with Crippen molar-refractivity contribution in [2.75, 3.05) is 6.79 Å². The molecule has 23 heavy (non-hydrogen) atoms. The van der Waals surface area contributed by atoms with Crippen molar-refractivity contribution >= 4 is 12.0 Å². The number of carbonyl (C=O) groups is 1. The zero-order chi connectivity index (χ0) is 16.1. The van der Waals surface area contributed by atoms with E-state index in [9.17, 15) is 10.1 Å². The van der Waals surface area contributed by atoms with E-state index < -0.39 is 0 Å². The Hall–Kier alpha value is -2.48. The number of nitrogens with one attached hydrogen (secondary N) is 1. The predicted octanol–water partition coefficient (Wildman–Crippen LogP) is 3.16. The summed E-state index contributed by atoms with van der Waals surface area (Å²) in [5.41, 5.74) is 0.870. The van der Waals surface area contributed by atoms with Crippen LogP contribution in [0.2, 0.25) is 0 Å². The van der Waals surface area contributed by atoms with Crippen LogP contribution in [0.1, 0.15) is 44.1 Å². The highest BCUT2D eigenvalue weighted by molar-refractivity contribution is 6.01. The number of rotatable bonds is 3. The van der Waals surface area contributed by atoms with Crippen molar-refractivity contribution in [2.45, 2.75) is 44.6 Å². The molecule has 1 amide bonds. The topological polar surface area (TPSA) is 71.3 Å². The van der Waals surface area contributed by atoms with Crippen molar-refractivity contribution in [1.82, 2.24) is 5.32 Å². The summed E-state index contributed by atoms with van der Waals surface area (Å²) < 4.78 is 10.6. The fourth-order valence-corrected chi connectivity index (χ4v) is 3.01. The lowest BCUT2D eigenvalue weighted by atomic mass is 10.1. The third-order valence-electron chi connectivity index (χ3n) is 4.26. The van der Waals surface area contributed by atoms with Gasteiger partial charge in [0.1, 0.15) is 11.6 Å². The molecule has 1 heterocycles. The lowest BCUT2D eigenvalue weighted by molar-refractivity contribution is -0.117. The van der Waals surface area contributed by atoms with E-state index in [2.05, 4.69) is 5.32 Å². The zero-order valence-corrected chi connectivity index (χ0v) is 13.0. The molecule has 0 unspecified atom stereocenters. The molecule has 2 aliphatic rings. The summed E-state index contributed by atoms with van der Waals surface area (Å²) in [6, 6.07) is 7.55. The second-order valence-electron chi connectivity index (χ2n) is 5.94. The summed E-state index contributed by atoms with van der Waals surface area (Å²) in [5.74, 6) is 1.03. The fraction of sp³-hybridized carbons (Fsp3) is 0.444. The summed E-state index contributed by atoms with van der Waals surface area (Å²) in [6.07, 6.45) is 8.31. The molecular formula is C18H20N2O3. The van der Waals surface area contributed by atoms with Gasteiger partial charge in [-0.15, -0.1) is 0 Å². The van der Waals surface area contributed by atoms with Gasteiger partial charge in [-0.25, -0.2) is 0 Å². The van der Waals surface area contributed by atoms with Crippen LogP contribution in [-0.4, -0.2) is 18.7 Å². The van der Waals surface area contributed by atoms with Crippen LogP contribution in [-0.2, 0) is 4.79 Å². The Morgan fingerprint density at radius 3 is 2.65 bits per heavy atom. The Morgan fingerprint density at radius 2 is 1.91 bits per heavy atom. The molecular weight excluding hydrogens is 292 g/mol. The quantitative estimate of drug-likeness (QED) is 0.529. The van der Waals surface area contributed by atoms with E-state index in [-0.39, 0.29) is 24.3 Å². The van der Waals surface area contributed by atoms with Gasteiger partial charge in [0.2, 0.25) is 6.79 Å². The van der Waals surface area contributed by atoms with Gasteiger partial charge in [-0.2, -0.15) is 5.26 Å². The van der Waals surface area contributed by atoms with Crippen LogP contribution in [0.15, 0.2) is 23.8 Å². The minimum Gasteiger partial charge on any atom is -0.454 e. The molecule has 1 N–H and O–H groups in total. The minimum absolute atomic E-state index is 0.119. The van der Waals surface area contributed by atoms with Gasteiger partial charge in [-0.05, 0) is 36.6 Å². The summed E-state index contributed by atoms with van der Waals surface area (Å²) in [7, 11) is 0. The molecule has 5 nitrogen and oxygen atoms in total. The second kappa shape index (κ2) is 7.19. The average molecular weight is 312 g/mol. The SMILES string of the molecule is N#CC(=Cc1ccc2c(c1)OCO2)C(=O)NC1CCCCCC1. The number of nitriles is 1. The first-order valence-electron chi connectivity index (χ1n) is 8.08. The molecule has 1 aliphatic carbocycles. The standard InChI is InChI=1S/C18H20N2O3/c19-11-14(18(21)20-15-5-3-1-2-4-6-15)9-13-7-8-16-17(10-13)23-12-22-16/h7-10,15H,1-6,12H2,(H,20,21). The van der Waals surface area contributed by atoms with E-state index >= 15 is 0 Å². The molecule has 1 aliphatic heterocycles. The Morgan fingerprint density at radius 1 is 1.17 bits per heavy atom. The summed E-state index contributed by atoms with van der Waals surface area (Å²) in [4.78, 5) is 12.3. The van der Waals surface area contributed by atoms with Crippen molar-refractivity contribution in [1.29, 1.82) is 5.26 Å². The number of fused-ring (bicyclic) bond motifs is 1. The van der Waals surface area contributed by atoms with Crippen LogP contribution >= 0.6 is 0 Å². The van der Waals surface area contributed by atoms with Gasteiger partial charge in [-0.3, -0.25) is 4.79 Å².